The SMILES string of the molecule is CCCCCCC(CCCCC)C(CC)NCCCC. The summed E-state index contributed by atoms with van der Waals surface area (Å²) in [7, 11) is 0. The molecule has 0 aliphatic heterocycles. The number of hydrogen-bond acceptors (Lipinski definition) is 1. The number of rotatable bonds is 15. The molecule has 0 saturated carbocycles. The van der Waals surface area contributed by atoms with Crippen molar-refractivity contribution in [2.45, 2.75) is 111 Å². The molecule has 1 heteroatoms. The Labute approximate surface area is 129 Å². The Hall–Kier alpha value is -0.0400. The van der Waals surface area contributed by atoms with Crippen molar-refractivity contribution in [3.8, 4) is 0 Å². The first-order chi connectivity index (χ1) is 9.79. The molecule has 0 aromatic rings. The minimum atomic E-state index is 0.764. The minimum Gasteiger partial charge on any atom is -0.314 e. The van der Waals surface area contributed by atoms with Crippen LogP contribution in [0.2, 0.25) is 0 Å². The van der Waals surface area contributed by atoms with Gasteiger partial charge in [0.1, 0.15) is 0 Å². The van der Waals surface area contributed by atoms with Gasteiger partial charge in [0.05, 0.1) is 0 Å². The van der Waals surface area contributed by atoms with Crippen LogP contribution in [-0.4, -0.2) is 12.6 Å². The van der Waals surface area contributed by atoms with Crippen LogP contribution in [0.5, 0.6) is 0 Å². The Kier molecular flexibility index (Phi) is 15.3. The molecule has 0 bridgehead atoms. The maximum atomic E-state index is 3.84. The Bertz CT molecular complexity index is 179. The highest BCUT2D eigenvalue weighted by atomic mass is 14.9. The van der Waals surface area contributed by atoms with Crippen molar-refractivity contribution in [3.05, 3.63) is 0 Å². The Balaban J connectivity index is 4.13. The fourth-order valence-corrected chi connectivity index (χ4v) is 3.15. The summed E-state index contributed by atoms with van der Waals surface area (Å²) in [6.45, 7) is 10.5. The average molecular weight is 284 g/mol. The second-order valence-corrected chi connectivity index (χ2v) is 6.43. The lowest BCUT2D eigenvalue weighted by atomic mass is 9.87. The summed E-state index contributed by atoms with van der Waals surface area (Å²) in [5.41, 5.74) is 0. The molecule has 2 unspecified atom stereocenters. The van der Waals surface area contributed by atoms with Gasteiger partial charge in [-0.3, -0.25) is 0 Å². The first kappa shape index (κ1) is 20.0. The van der Waals surface area contributed by atoms with Gasteiger partial charge in [-0.15, -0.1) is 0 Å². The van der Waals surface area contributed by atoms with E-state index >= 15 is 0 Å². The maximum absolute atomic E-state index is 3.84. The quantitative estimate of drug-likeness (QED) is 0.347. The molecule has 122 valence electrons. The molecule has 0 rings (SSSR count). The van der Waals surface area contributed by atoms with Crippen LogP contribution in [-0.2, 0) is 0 Å². The third-order valence-electron chi connectivity index (χ3n) is 4.55. The lowest BCUT2D eigenvalue weighted by Gasteiger charge is -2.28. The fourth-order valence-electron chi connectivity index (χ4n) is 3.15. The molecule has 1 N–H and O–H groups in total. The van der Waals surface area contributed by atoms with Gasteiger partial charge in [-0.2, -0.15) is 0 Å². The topological polar surface area (TPSA) is 12.0 Å². The molecule has 0 aromatic heterocycles. The zero-order valence-corrected chi connectivity index (χ0v) is 14.8. The highest BCUT2D eigenvalue weighted by Crippen LogP contribution is 2.23. The van der Waals surface area contributed by atoms with E-state index in [1.54, 1.807) is 0 Å². The smallest absolute Gasteiger partial charge is 0.00926 e. The zero-order valence-electron chi connectivity index (χ0n) is 14.8. The van der Waals surface area contributed by atoms with Crippen LogP contribution in [0.25, 0.3) is 0 Å². The van der Waals surface area contributed by atoms with Crippen LogP contribution in [0.15, 0.2) is 0 Å². The van der Waals surface area contributed by atoms with Gasteiger partial charge in [0.15, 0.2) is 0 Å². The van der Waals surface area contributed by atoms with Crippen molar-refractivity contribution in [1.29, 1.82) is 0 Å². The van der Waals surface area contributed by atoms with Gasteiger partial charge >= 0.3 is 0 Å². The van der Waals surface area contributed by atoms with Crippen LogP contribution in [0, 0.1) is 5.92 Å². The number of nitrogens with one attached hydrogen (secondary N) is 1. The lowest BCUT2D eigenvalue weighted by molar-refractivity contribution is 0.290. The minimum absolute atomic E-state index is 0.764. The first-order valence-electron chi connectivity index (χ1n) is 9.53. The highest BCUT2D eigenvalue weighted by Gasteiger charge is 2.18. The maximum Gasteiger partial charge on any atom is 0.00926 e. The van der Waals surface area contributed by atoms with Gasteiger partial charge in [0, 0.05) is 6.04 Å². The van der Waals surface area contributed by atoms with Gasteiger partial charge < -0.3 is 5.32 Å². The molecule has 0 saturated heterocycles. The van der Waals surface area contributed by atoms with Crippen molar-refractivity contribution in [2.75, 3.05) is 6.54 Å². The summed E-state index contributed by atoms with van der Waals surface area (Å²) in [5, 5.41) is 3.84. The predicted octanol–water partition coefficient (Wildman–Crippen LogP) is 6.32. The molecule has 0 aliphatic carbocycles. The van der Waals surface area contributed by atoms with Crippen molar-refractivity contribution in [1.82, 2.24) is 5.32 Å². The summed E-state index contributed by atoms with van der Waals surface area (Å²) < 4.78 is 0. The zero-order chi connectivity index (χ0) is 15.1. The summed E-state index contributed by atoms with van der Waals surface area (Å²) in [4.78, 5) is 0. The van der Waals surface area contributed by atoms with E-state index in [4.69, 9.17) is 0 Å². The van der Waals surface area contributed by atoms with Crippen LogP contribution in [0.1, 0.15) is 105 Å². The standard InChI is InChI=1S/C19H41N/c1-5-9-12-14-16-18(15-13-10-6-2)19(8-4)20-17-11-7-3/h18-20H,5-17H2,1-4H3. The van der Waals surface area contributed by atoms with Crippen molar-refractivity contribution < 1.29 is 0 Å². The van der Waals surface area contributed by atoms with E-state index in [1.165, 1.54) is 83.6 Å². The number of unbranched alkanes of at least 4 members (excludes halogenated alkanes) is 6. The van der Waals surface area contributed by atoms with Gasteiger partial charge in [-0.1, -0.05) is 79.1 Å². The summed E-state index contributed by atoms with van der Waals surface area (Å²) >= 11 is 0. The van der Waals surface area contributed by atoms with E-state index in [9.17, 15) is 0 Å². The fraction of sp³-hybridized carbons (Fsp3) is 1.00. The van der Waals surface area contributed by atoms with Crippen molar-refractivity contribution >= 4 is 0 Å². The van der Waals surface area contributed by atoms with E-state index in [-0.39, 0.29) is 0 Å². The second kappa shape index (κ2) is 15.4. The first-order valence-corrected chi connectivity index (χ1v) is 9.53. The number of hydrogen-bond donors (Lipinski definition) is 1. The normalized spacial score (nSPS) is 14.4. The molecule has 0 heterocycles. The molecule has 0 amide bonds. The molecule has 1 nitrogen and oxygen atoms in total. The van der Waals surface area contributed by atoms with E-state index in [0.29, 0.717) is 0 Å². The third-order valence-corrected chi connectivity index (χ3v) is 4.55. The monoisotopic (exact) mass is 283 g/mol. The largest absolute Gasteiger partial charge is 0.314 e. The molecule has 0 spiro atoms. The van der Waals surface area contributed by atoms with Crippen LogP contribution < -0.4 is 5.32 Å². The van der Waals surface area contributed by atoms with Crippen molar-refractivity contribution in [3.63, 3.8) is 0 Å². The van der Waals surface area contributed by atoms with E-state index in [1.807, 2.05) is 0 Å². The molecular formula is C19H41N. The van der Waals surface area contributed by atoms with E-state index in [0.717, 1.165) is 12.0 Å². The Morgan fingerprint density at radius 1 is 0.650 bits per heavy atom. The van der Waals surface area contributed by atoms with Gasteiger partial charge in [-0.25, -0.2) is 0 Å². The average Bonchev–Trinajstić information content (AvgIpc) is 2.47. The molecule has 0 radical (unpaired) electrons. The van der Waals surface area contributed by atoms with E-state index < -0.39 is 0 Å². The highest BCUT2D eigenvalue weighted by molar-refractivity contribution is 4.75. The third kappa shape index (κ3) is 10.7. The molecule has 0 fully saturated rings. The van der Waals surface area contributed by atoms with Gasteiger partial charge in [0.25, 0.3) is 0 Å². The molecule has 0 aliphatic rings. The predicted molar refractivity (Wildman–Crippen MR) is 93.4 cm³/mol. The second-order valence-electron chi connectivity index (χ2n) is 6.43. The van der Waals surface area contributed by atoms with Crippen molar-refractivity contribution in [2.24, 2.45) is 5.92 Å². The Morgan fingerprint density at radius 2 is 1.20 bits per heavy atom. The van der Waals surface area contributed by atoms with Gasteiger partial charge in [0.2, 0.25) is 0 Å². The van der Waals surface area contributed by atoms with E-state index in [2.05, 4.69) is 33.0 Å². The Morgan fingerprint density at radius 3 is 1.75 bits per heavy atom. The summed E-state index contributed by atoms with van der Waals surface area (Å²) in [6, 6.07) is 0.764. The van der Waals surface area contributed by atoms with Crippen LogP contribution in [0.3, 0.4) is 0 Å². The lowest BCUT2D eigenvalue weighted by Crippen LogP contribution is -2.36. The molecule has 20 heavy (non-hydrogen) atoms. The molecule has 2 atom stereocenters. The van der Waals surface area contributed by atoms with Gasteiger partial charge in [-0.05, 0) is 38.1 Å². The molecular weight excluding hydrogens is 242 g/mol. The molecule has 0 aromatic carbocycles. The summed E-state index contributed by atoms with van der Waals surface area (Å²) in [6.07, 6.45) is 16.7. The van der Waals surface area contributed by atoms with Crippen LogP contribution in [0.4, 0.5) is 0 Å². The van der Waals surface area contributed by atoms with Crippen LogP contribution >= 0.6 is 0 Å². The summed E-state index contributed by atoms with van der Waals surface area (Å²) in [5.74, 6) is 0.917.